The van der Waals surface area contributed by atoms with Gasteiger partial charge in [0, 0.05) is 0 Å². The van der Waals surface area contributed by atoms with Gasteiger partial charge in [-0.05, 0) is 28.6 Å². The maximum absolute atomic E-state index is 8.77. The summed E-state index contributed by atoms with van der Waals surface area (Å²) in [5, 5.41) is 8.77. The lowest BCUT2D eigenvalue weighted by atomic mass is 10.1. The van der Waals surface area contributed by atoms with Gasteiger partial charge in [0.05, 0.1) is 6.61 Å². The molecule has 0 aliphatic carbocycles. The van der Waals surface area contributed by atoms with E-state index in [1.165, 1.54) is 5.57 Å². The topological polar surface area (TPSA) is 20.2 Å². The highest BCUT2D eigenvalue weighted by molar-refractivity contribution is 14.1. The fraction of sp³-hybridized carbons (Fsp3) is 0.500. The largest absolute Gasteiger partial charge is 0.392 e. The summed E-state index contributed by atoms with van der Waals surface area (Å²) in [5.41, 5.74) is 2.30. The Labute approximate surface area is 76.0 Å². The Hall–Kier alpha value is 0.170. The van der Waals surface area contributed by atoms with Gasteiger partial charge in [0.1, 0.15) is 0 Å². The van der Waals surface area contributed by atoms with Crippen LogP contribution in [0.2, 0.25) is 0 Å². The zero-order valence-electron chi connectivity index (χ0n) is 6.39. The van der Waals surface area contributed by atoms with Crippen LogP contribution < -0.4 is 0 Å². The van der Waals surface area contributed by atoms with Gasteiger partial charge >= 0.3 is 0 Å². The van der Waals surface area contributed by atoms with Crippen molar-refractivity contribution in [1.29, 1.82) is 0 Å². The van der Waals surface area contributed by atoms with Gasteiger partial charge in [0.15, 0.2) is 0 Å². The molecule has 0 aromatic carbocycles. The SMILES string of the molecule is CCC(/C=C\I)=C(\C)CO. The molecule has 10 heavy (non-hydrogen) atoms. The molecule has 0 aromatic heterocycles. The summed E-state index contributed by atoms with van der Waals surface area (Å²) in [6.45, 7) is 4.21. The zero-order valence-corrected chi connectivity index (χ0v) is 8.55. The molecule has 2 heteroatoms. The summed E-state index contributed by atoms with van der Waals surface area (Å²) in [5.74, 6) is 0. The summed E-state index contributed by atoms with van der Waals surface area (Å²) >= 11 is 2.18. The van der Waals surface area contributed by atoms with Gasteiger partial charge in [0.25, 0.3) is 0 Å². The van der Waals surface area contributed by atoms with Crippen molar-refractivity contribution in [3.63, 3.8) is 0 Å². The van der Waals surface area contributed by atoms with Crippen LogP contribution in [0.3, 0.4) is 0 Å². The second-order valence-electron chi connectivity index (χ2n) is 2.11. The summed E-state index contributed by atoms with van der Waals surface area (Å²) in [4.78, 5) is 0. The van der Waals surface area contributed by atoms with Crippen molar-refractivity contribution < 1.29 is 5.11 Å². The van der Waals surface area contributed by atoms with Crippen LogP contribution in [0.4, 0.5) is 0 Å². The molecule has 0 rings (SSSR count). The molecule has 0 amide bonds. The van der Waals surface area contributed by atoms with Crippen molar-refractivity contribution in [2.45, 2.75) is 20.3 Å². The Morgan fingerprint density at radius 2 is 2.20 bits per heavy atom. The van der Waals surface area contributed by atoms with E-state index in [2.05, 4.69) is 29.5 Å². The lowest BCUT2D eigenvalue weighted by Gasteiger charge is -2.00. The Kier molecular flexibility index (Phi) is 6.02. The Morgan fingerprint density at radius 3 is 2.50 bits per heavy atom. The first-order valence-electron chi connectivity index (χ1n) is 3.32. The molecule has 0 radical (unpaired) electrons. The molecule has 58 valence electrons. The van der Waals surface area contributed by atoms with E-state index in [0.29, 0.717) is 0 Å². The van der Waals surface area contributed by atoms with Crippen molar-refractivity contribution in [2.75, 3.05) is 6.61 Å². The third-order valence-corrected chi connectivity index (χ3v) is 1.79. The predicted octanol–water partition coefficient (Wildman–Crippen LogP) is 2.65. The predicted molar refractivity (Wildman–Crippen MR) is 53.2 cm³/mol. The zero-order chi connectivity index (χ0) is 7.98. The first-order valence-corrected chi connectivity index (χ1v) is 4.57. The van der Waals surface area contributed by atoms with Gasteiger partial charge in [-0.3, -0.25) is 0 Å². The number of aliphatic hydroxyl groups is 1. The first-order chi connectivity index (χ1) is 4.76. The van der Waals surface area contributed by atoms with E-state index in [4.69, 9.17) is 5.11 Å². The molecular formula is C8H13IO. The fourth-order valence-corrected chi connectivity index (χ4v) is 1.17. The van der Waals surface area contributed by atoms with Gasteiger partial charge < -0.3 is 5.11 Å². The van der Waals surface area contributed by atoms with Gasteiger partial charge in [-0.2, -0.15) is 0 Å². The van der Waals surface area contributed by atoms with Crippen LogP contribution in [-0.2, 0) is 0 Å². The number of hydrogen-bond donors (Lipinski definition) is 1. The molecule has 0 spiro atoms. The second-order valence-corrected chi connectivity index (χ2v) is 2.83. The summed E-state index contributed by atoms with van der Waals surface area (Å²) in [7, 11) is 0. The van der Waals surface area contributed by atoms with Crippen LogP contribution >= 0.6 is 22.6 Å². The minimum Gasteiger partial charge on any atom is -0.392 e. The molecule has 0 fully saturated rings. The van der Waals surface area contributed by atoms with E-state index in [0.717, 1.165) is 12.0 Å². The van der Waals surface area contributed by atoms with Crippen LogP contribution in [0, 0.1) is 0 Å². The number of hydrogen-bond acceptors (Lipinski definition) is 1. The van der Waals surface area contributed by atoms with E-state index in [9.17, 15) is 0 Å². The summed E-state index contributed by atoms with van der Waals surface area (Å²) in [6.07, 6.45) is 3.03. The molecule has 1 N–H and O–H groups in total. The smallest absolute Gasteiger partial charge is 0.0644 e. The minimum atomic E-state index is 0.171. The lowest BCUT2D eigenvalue weighted by molar-refractivity contribution is 0.330. The van der Waals surface area contributed by atoms with Gasteiger partial charge in [0.2, 0.25) is 0 Å². The molecule has 0 atom stereocenters. The second kappa shape index (κ2) is 5.92. The minimum absolute atomic E-state index is 0.171. The maximum Gasteiger partial charge on any atom is 0.0644 e. The monoisotopic (exact) mass is 252 g/mol. The van der Waals surface area contributed by atoms with Crippen molar-refractivity contribution in [1.82, 2.24) is 0 Å². The Balaban J connectivity index is 4.29. The normalized spacial score (nSPS) is 14.0. The molecule has 0 saturated heterocycles. The molecule has 0 aliphatic heterocycles. The number of rotatable bonds is 3. The lowest BCUT2D eigenvalue weighted by Crippen LogP contribution is -1.89. The van der Waals surface area contributed by atoms with E-state index in [-0.39, 0.29) is 6.61 Å². The van der Waals surface area contributed by atoms with Gasteiger partial charge in [-0.1, -0.05) is 35.6 Å². The van der Waals surface area contributed by atoms with Crippen molar-refractivity contribution in [3.05, 3.63) is 21.3 Å². The molecule has 0 unspecified atom stereocenters. The van der Waals surface area contributed by atoms with Crippen molar-refractivity contribution in [2.24, 2.45) is 0 Å². The molecule has 0 aromatic rings. The third-order valence-electron chi connectivity index (χ3n) is 1.43. The van der Waals surface area contributed by atoms with E-state index < -0.39 is 0 Å². The molecule has 1 nitrogen and oxygen atoms in total. The number of halogens is 1. The van der Waals surface area contributed by atoms with Crippen molar-refractivity contribution in [3.8, 4) is 0 Å². The van der Waals surface area contributed by atoms with Gasteiger partial charge in [-0.25, -0.2) is 0 Å². The highest BCUT2D eigenvalue weighted by Gasteiger charge is 1.93. The fourth-order valence-electron chi connectivity index (χ4n) is 0.739. The molecule has 0 bridgehead atoms. The van der Waals surface area contributed by atoms with Crippen LogP contribution in [0.5, 0.6) is 0 Å². The Morgan fingerprint density at radius 1 is 1.60 bits per heavy atom. The molecule has 0 heterocycles. The van der Waals surface area contributed by atoms with E-state index in [1.54, 1.807) is 0 Å². The van der Waals surface area contributed by atoms with Crippen LogP contribution in [0.15, 0.2) is 21.3 Å². The van der Waals surface area contributed by atoms with Crippen molar-refractivity contribution >= 4 is 22.6 Å². The average Bonchev–Trinajstić information content (AvgIpc) is 1.99. The average molecular weight is 252 g/mol. The first kappa shape index (κ1) is 10.2. The summed E-state index contributed by atoms with van der Waals surface area (Å²) in [6, 6.07) is 0. The maximum atomic E-state index is 8.77. The van der Waals surface area contributed by atoms with Crippen LogP contribution in [0.1, 0.15) is 20.3 Å². The quantitative estimate of drug-likeness (QED) is 0.604. The number of aliphatic hydroxyl groups excluding tert-OH is 1. The highest BCUT2D eigenvalue weighted by Crippen LogP contribution is 2.10. The number of allylic oxidation sites excluding steroid dienone is 2. The summed E-state index contributed by atoms with van der Waals surface area (Å²) < 4.78 is 1.97. The van der Waals surface area contributed by atoms with E-state index in [1.807, 2.05) is 17.1 Å². The Bertz CT molecular complexity index is 147. The third kappa shape index (κ3) is 3.37. The van der Waals surface area contributed by atoms with Crippen LogP contribution in [0.25, 0.3) is 0 Å². The molecule has 0 saturated carbocycles. The molecule has 0 aliphatic rings. The van der Waals surface area contributed by atoms with Crippen LogP contribution in [-0.4, -0.2) is 11.7 Å². The standard InChI is InChI=1S/C8H13IO/c1-3-8(4-5-9)7(2)6-10/h4-5,10H,3,6H2,1-2H3/b5-4-,8-7-. The molecular weight excluding hydrogens is 239 g/mol. The highest BCUT2D eigenvalue weighted by atomic mass is 127. The van der Waals surface area contributed by atoms with E-state index >= 15 is 0 Å². The van der Waals surface area contributed by atoms with Gasteiger partial charge in [-0.15, -0.1) is 0 Å².